The normalized spacial score (nSPS) is 14.9. The summed E-state index contributed by atoms with van der Waals surface area (Å²) in [5.41, 5.74) is 14.7. The summed E-state index contributed by atoms with van der Waals surface area (Å²) in [5.74, 6) is 0.720. The van der Waals surface area contributed by atoms with E-state index in [1.807, 2.05) is 35.2 Å². The molecule has 0 bridgehead atoms. The van der Waals surface area contributed by atoms with Crippen molar-refractivity contribution in [3.63, 3.8) is 0 Å². The van der Waals surface area contributed by atoms with E-state index in [4.69, 9.17) is 11.5 Å². The first kappa shape index (κ1) is 18.3. The zero-order chi connectivity index (χ0) is 19.8. The minimum Gasteiger partial charge on any atom is -0.397 e. The van der Waals surface area contributed by atoms with Crippen molar-refractivity contribution in [2.24, 2.45) is 5.92 Å². The zero-order valence-electron chi connectivity index (χ0n) is 15.6. The van der Waals surface area contributed by atoms with Crippen LogP contribution in [0.5, 0.6) is 0 Å². The Labute approximate surface area is 167 Å². The van der Waals surface area contributed by atoms with Gasteiger partial charge in [0.25, 0.3) is 5.91 Å². The Morgan fingerprint density at radius 3 is 2.57 bits per heavy atom. The van der Waals surface area contributed by atoms with E-state index in [0.29, 0.717) is 32.3 Å². The Bertz CT molecular complexity index is 1090. The lowest BCUT2D eigenvalue weighted by molar-refractivity contribution is 0.0703. The van der Waals surface area contributed by atoms with Crippen LogP contribution in [0.1, 0.15) is 35.0 Å². The van der Waals surface area contributed by atoms with E-state index in [9.17, 15) is 10.1 Å². The topological polar surface area (TPSA) is 109 Å². The van der Waals surface area contributed by atoms with Crippen LogP contribution in [-0.2, 0) is 0 Å². The number of carbonyl (C=O) groups is 1. The van der Waals surface area contributed by atoms with Gasteiger partial charge >= 0.3 is 0 Å². The number of hydrogen-bond donors (Lipinski definition) is 2. The molecule has 4 rings (SSSR count). The first-order valence-corrected chi connectivity index (χ1v) is 10.1. The molecule has 0 aliphatic carbocycles. The fourth-order valence-corrected chi connectivity index (χ4v) is 4.77. The van der Waals surface area contributed by atoms with Gasteiger partial charge in [-0.05, 0) is 24.3 Å². The summed E-state index contributed by atoms with van der Waals surface area (Å²) in [5, 5.41) is 10.3. The third-order valence-corrected chi connectivity index (χ3v) is 6.43. The maximum absolute atomic E-state index is 13.1. The van der Waals surface area contributed by atoms with Crippen molar-refractivity contribution >= 4 is 39.0 Å². The molecule has 0 spiro atoms. The van der Waals surface area contributed by atoms with Gasteiger partial charge in [0.05, 0.1) is 5.69 Å². The van der Waals surface area contributed by atoms with Crippen molar-refractivity contribution < 1.29 is 4.79 Å². The monoisotopic (exact) mass is 391 g/mol. The number of thiophene rings is 1. The molecule has 1 amide bonds. The maximum Gasteiger partial charge on any atom is 0.266 e. The molecule has 6 nitrogen and oxygen atoms in total. The number of nitrogens with zero attached hydrogens (tertiary/aromatic N) is 3. The molecule has 0 unspecified atom stereocenters. The Kier molecular flexibility index (Phi) is 4.65. The van der Waals surface area contributed by atoms with Crippen molar-refractivity contribution in [1.82, 2.24) is 9.88 Å². The SMILES string of the molecule is CC1CCN(C(=O)c2sc3nc(N)c(C#N)c(-c4ccccc4)c3c2N)CC1. The Morgan fingerprint density at radius 1 is 1.25 bits per heavy atom. The third-order valence-electron chi connectivity index (χ3n) is 5.34. The van der Waals surface area contributed by atoms with Crippen LogP contribution in [-0.4, -0.2) is 28.9 Å². The molecular weight excluding hydrogens is 370 g/mol. The van der Waals surface area contributed by atoms with Crippen LogP contribution < -0.4 is 11.5 Å². The van der Waals surface area contributed by atoms with E-state index >= 15 is 0 Å². The minimum absolute atomic E-state index is 0.0662. The highest BCUT2D eigenvalue weighted by Crippen LogP contribution is 2.43. The molecule has 0 atom stereocenters. The molecule has 1 aromatic carbocycles. The zero-order valence-corrected chi connectivity index (χ0v) is 16.4. The van der Waals surface area contributed by atoms with Crippen molar-refractivity contribution in [2.75, 3.05) is 24.6 Å². The number of piperidine rings is 1. The number of carbonyl (C=O) groups excluding carboxylic acids is 1. The van der Waals surface area contributed by atoms with Gasteiger partial charge in [-0.25, -0.2) is 4.98 Å². The molecular formula is C21H21N5OS. The molecule has 1 saturated heterocycles. The standard InChI is InChI=1S/C21H21N5OS/c1-12-7-9-26(10-8-12)21(27)18-17(23)16-15(13-5-3-2-4-6-13)14(11-22)19(24)25-20(16)28-18/h2-6,12H,7-10,23H2,1H3,(H2,24,25). The van der Waals surface area contributed by atoms with Crippen LogP contribution in [0, 0.1) is 17.2 Å². The molecule has 4 N–H and O–H groups in total. The van der Waals surface area contributed by atoms with Crippen LogP contribution in [0.15, 0.2) is 30.3 Å². The van der Waals surface area contributed by atoms with Crippen LogP contribution in [0.2, 0.25) is 0 Å². The average Bonchev–Trinajstić information content (AvgIpc) is 3.03. The molecule has 0 radical (unpaired) electrons. The molecule has 0 saturated carbocycles. The van der Waals surface area contributed by atoms with Gasteiger partial charge in [-0.2, -0.15) is 5.26 Å². The number of nitriles is 1. The second-order valence-corrected chi connectivity index (χ2v) is 8.22. The number of nitrogen functional groups attached to an aromatic ring is 2. The first-order valence-electron chi connectivity index (χ1n) is 9.27. The van der Waals surface area contributed by atoms with E-state index in [0.717, 1.165) is 31.5 Å². The van der Waals surface area contributed by atoms with E-state index in [1.54, 1.807) is 0 Å². The third kappa shape index (κ3) is 2.96. The van der Waals surface area contributed by atoms with Gasteiger partial charge < -0.3 is 16.4 Å². The number of pyridine rings is 1. The lowest BCUT2D eigenvalue weighted by atomic mass is 9.97. The van der Waals surface area contributed by atoms with E-state index < -0.39 is 0 Å². The lowest BCUT2D eigenvalue weighted by Gasteiger charge is -2.30. The summed E-state index contributed by atoms with van der Waals surface area (Å²) in [6.07, 6.45) is 1.99. The largest absolute Gasteiger partial charge is 0.397 e. The molecule has 7 heteroatoms. The predicted octanol–water partition coefficient (Wildman–Crippen LogP) is 3.87. The van der Waals surface area contributed by atoms with Gasteiger partial charge in [0.15, 0.2) is 0 Å². The average molecular weight is 392 g/mol. The molecule has 1 aliphatic heterocycles. The minimum atomic E-state index is -0.0662. The summed E-state index contributed by atoms with van der Waals surface area (Å²) in [4.78, 5) is 20.4. The lowest BCUT2D eigenvalue weighted by Crippen LogP contribution is -2.37. The molecule has 28 heavy (non-hydrogen) atoms. The van der Waals surface area contributed by atoms with Crippen molar-refractivity contribution in [2.45, 2.75) is 19.8 Å². The smallest absolute Gasteiger partial charge is 0.266 e. The number of aromatic nitrogens is 1. The van der Waals surface area contributed by atoms with E-state index in [1.165, 1.54) is 11.3 Å². The van der Waals surface area contributed by atoms with Crippen molar-refractivity contribution in [1.29, 1.82) is 5.26 Å². The Hall–Kier alpha value is -3.11. The number of benzene rings is 1. The highest BCUT2D eigenvalue weighted by atomic mass is 32.1. The molecule has 1 aliphatic rings. The quantitative estimate of drug-likeness (QED) is 0.689. The number of hydrogen-bond acceptors (Lipinski definition) is 6. The predicted molar refractivity (Wildman–Crippen MR) is 113 cm³/mol. The fraction of sp³-hybridized carbons (Fsp3) is 0.286. The van der Waals surface area contributed by atoms with E-state index in [-0.39, 0.29) is 17.3 Å². The fourth-order valence-electron chi connectivity index (χ4n) is 3.69. The summed E-state index contributed by atoms with van der Waals surface area (Å²) < 4.78 is 0. The summed E-state index contributed by atoms with van der Waals surface area (Å²) in [6, 6.07) is 11.6. The number of amides is 1. The van der Waals surface area contributed by atoms with Crippen LogP contribution in [0.25, 0.3) is 21.3 Å². The summed E-state index contributed by atoms with van der Waals surface area (Å²) >= 11 is 1.25. The Balaban J connectivity index is 1.90. The molecule has 142 valence electrons. The summed E-state index contributed by atoms with van der Waals surface area (Å²) in [6.45, 7) is 3.67. The molecule has 3 heterocycles. The molecule has 3 aromatic rings. The van der Waals surface area contributed by atoms with Crippen molar-refractivity contribution in [3.8, 4) is 17.2 Å². The second-order valence-electron chi connectivity index (χ2n) is 7.22. The van der Waals surface area contributed by atoms with Gasteiger partial charge in [0, 0.05) is 24.0 Å². The molecule has 2 aromatic heterocycles. The van der Waals surface area contributed by atoms with Crippen molar-refractivity contribution in [3.05, 3.63) is 40.8 Å². The second kappa shape index (κ2) is 7.13. The maximum atomic E-state index is 13.1. The number of likely N-dealkylation sites (tertiary alicyclic amines) is 1. The van der Waals surface area contributed by atoms with Gasteiger partial charge in [0.2, 0.25) is 0 Å². The van der Waals surface area contributed by atoms with Crippen LogP contribution in [0.3, 0.4) is 0 Å². The number of anilines is 2. The van der Waals surface area contributed by atoms with Gasteiger partial charge in [-0.15, -0.1) is 11.3 Å². The summed E-state index contributed by atoms with van der Waals surface area (Å²) in [7, 11) is 0. The Morgan fingerprint density at radius 2 is 1.93 bits per heavy atom. The van der Waals surface area contributed by atoms with Gasteiger partial charge in [-0.1, -0.05) is 37.3 Å². The highest BCUT2D eigenvalue weighted by Gasteiger charge is 2.28. The number of fused-ring (bicyclic) bond motifs is 1. The molecule has 1 fully saturated rings. The number of rotatable bonds is 2. The van der Waals surface area contributed by atoms with E-state index in [2.05, 4.69) is 18.0 Å². The number of nitrogens with two attached hydrogens (primary N) is 2. The first-order chi connectivity index (χ1) is 13.5. The van der Waals surface area contributed by atoms with Crippen LogP contribution >= 0.6 is 11.3 Å². The van der Waals surface area contributed by atoms with Gasteiger partial charge in [-0.3, -0.25) is 4.79 Å². The highest BCUT2D eigenvalue weighted by molar-refractivity contribution is 7.21. The van der Waals surface area contributed by atoms with Gasteiger partial charge in [0.1, 0.15) is 27.2 Å². The van der Waals surface area contributed by atoms with Crippen LogP contribution in [0.4, 0.5) is 11.5 Å².